The van der Waals surface area contributed by atoms with Crippen molar-refractivity contribution in [1.29, 1.82) is 0 Å². The SMILES string of the molecule is O=C(CCc1ncc(-c2ccc(F)cc2)o1)NCc1cnn(-c2ccc(Cl)cc2)c1. The number of aryl methyl sites for hydroxylation is 1. The maximum absolute atomic E-state index is 13.0. The maximum Gasteiger partial charge on any atom is 0.220 e. The second-order valence-corrected chi connectivity index (χ2v) is 7.11. The summed E-state index contributed by atoms with van der Waals surface area (Å²) in [7, 11) is 0. The van der Waals surface area contributed by atoms with Crippen molar-refractivity contribution in [2.24, 2.45) is 0 Å². The Balaban J connectivity index is 1.27. The molecule has 4 rings (SSSR count). The lowest BCUT2D eigenvalue weighted by atomic mass is 10.2. The average molecular weight is 425 g/mol. The van der Waals surface area contributed by atoms with Gasteiger partial charge in [0.25, 0.3) is 0 Å². The van der Waals surface area contributed by atoms with Crippen molar-refractivity contribution in [3.8, 4) is 17.0 Å². The van der Waals surface area contributed by atoms with Crippen LogP contribution in [0.2, 0.25) is 5.02 Å². The predicted octanol–water partition coefficient (Wildman–Crippen LogP) is 4.57. The van der Waals surface area contributed by atoms with E-state index in [-0.39, 0.29) is 18.1 Å². The van der Waals surface area contributed by atoms with Crippen LogP contribution >= 0.6 is 11.6 Å². The molecule has 0 bridgehead atoms. The quantitative estimate of drug-likeness (QED) is 0.471. The first-order valence-electron chi connectivity index (χ1n) is 9.34. The van der Waals surface area contributed by atoms with Gasteiger partial charge in [0.15, 0.2) is 11.7 Å². The average Bonchev–Trinajstić information content (AvgIpc) is 3.42. The van der Waals surface area contributed by atoms with Crippen LogP contribution in [0.4, 0.5) is 4.39 Å². The van der Waals surface area contributed by atoms with E-state index in [9.17, 15) is 9.18 Å². The molecule has 0 spiro atoms. The molecule has 6 nitrogen and oxygen atoms in total. The minimum Gasteiger partial charge on any atom is -0.441 e. The van der Waals surface area contributed by atoms with Crippen molar-refractivity contribution in [2.75, 3.05) is 0 Å². The van der Waals surface area contributed by atoms with Crippen LogP contribution in [0.3, 0.4) is 0 Å². The molecule has 152 valence electrons. The van der Waals surface area contributed by atoms with Crippen LogP contribution in [0.1, 0.15) is 17.9 Å². The van der Waals surface area contributed by atoms with Crippen molar-refractivity contribution < 1.29 is 13.6 Å². The Morgan fingerprint density at radius 3 is 2.63 bits per heavy atom. The Labute approximate surface area is 177 Å². The summed E-state index contributed by atoms with van der Waals surface area (Å²) >= 11 is 5.90. The first kappa shape index (κ1) is 19.8. The molecule has 0 radical (unpaired) electrons. The van der Waals surface area contributed by atoms with Crippen LogP contribution in [-0.2, 0) is 17.8 Å². The van der Waals surface area contributed by atoms with Gasteiger partial charge < -0.3 is 9.73 Å². The minimum atomic E-state index is -0.311. The Hall–Kier alpha value is -3.45. The van der Waals surface area contributed by atoms with Gasteiger partial charge in [0.2, 0.25) is 5.91 Å². The predicted molar refractivity (Wildman–Crippen MR) is 111 cm³/mol. The van der Waals surface area contributed by atoms with Crippen LogP contribution in [0, 0.1) is 5.82 Å². The first-order chi connectivity index (χ1) is 14.6. The monoisotopic (exact) mass is 424 g/mol. The molecule has 4 aromatic rings. The third-order valence-corrected chi connectivity index (χ3v) is 4.72. The molecule has 0 unspecified atom stereocenters. The van der Waals surface area contributed by atoms with Gasteiger partial charge in [0, 0.05) is 41.7 Å². The number of amides is 1. The lowest BCUT2D eigenvalue weighted by Gasteiger charge is -2.03. The fourth-order valence-electron chi connectivity index (χ4n) is 2.87. The summed E-state index contributed by atoms with van der Waals surface area (Å²) in [6.45, 7) is 0.374. The summed E-state index contributed by atoms with van der Waals surface area (Å²) in [5.41, 5.74) is 2.50. The van der Waals surface area contributed by atoms with Gasteiger partial charge in [-0.1, -0.05) is 11.6 Å². The second-order valence-electron chi connectivity index (χ2n) is 6.67. The molecular formula is C22H18ClFN4O2. The molecule has 8 heteroatoms. The Morgan fingerprint density at radius 2 is 1.87 bits per heavy atom. The topological polar surface area (TPSA) is 73.0 Å². The van der Waals surface area contributed by atoms with Crippen molar-refractivity contribution in [3.63, 3.8) is 0 Å². The van der Waals surface area contributed by atoms with E-state index < -0.39 is 0 Å². The smallest absolute Gasteiger partial charge is 0.220 e. The number of oxazole rings is 1. The van der Waals surface area contributed by atoms with Crippen LogP contribution in [-0.4, -0.2) is 20.7 Å². The second kappa shape index (κ2) is 8.92. The van der Waals surface area contributed by atoms with E-state index in [1.807, 2.05) is 18.3 Å². The lowest BCUT2D eigenvalue weighted by molar-refractivity contribution is -0.121. The number of nitrogens with one attached hydrogen (secondary N) is 1. The number of nitrogens with zero attached hydrogens (tertiary/aromatic N) is 3. The molecule has 0 atom stereocenters. The van der Waals surface area contributed by atoms with Gasteiger partial charge in [-0.15, -0.1) is 0 Å². The van der Waals surface area contributed by atoms with E-state index >= 15 is 0 Å². The highest BCUT2D eigenvalue weighted by Crippen LogP contribution is 2.21. The van der Waals surface area contributed by atoms with Crippen LogP contribution < -0.4 is 5.32 Å². The number of rotatable bonds is 7. The Bertz CT molecular complexity index is 1050. The number of carbonyl (C=O) groups is 1. The van der Waals surface area contributed by atoms with E-state index in [0.29, 0.717) is 29.6 Å². The number of benzene rings is 2. The standard InChI is InChI=1S/C22H18ClFN4O2/c23-17-3-7-19(8-4-17)28-14-15(12-27-28)11-25-21(29)9-10-22-26-13-20(30-22)16-1-5-18(24)6-2-16/h1-8,12-14H,9-11H2,(H,25,29). The van der Waals surface area contributed by atoms with E-state index in [4.69, 9.17) is 16.0 Å². The normalized spacial score (nSPS) is 10.9. The van der Waals surface area contributed by atoms with Gasteiger partial charge in [-0.3, -0.25) is 4.79 Å². The van der Waals surface area contributed by atoms with E-state index in [0.717, 1.165) is 16.8 Å². The fraction of sp³-hybridized carbons (Fsp3) is 0.136. The Kier molecular flexibility index (Phi) is 5.90. The van der Waals surface area contributed by atoms with E-state index in [2.05, 4.69) is 15.4 Å². The maximum atomic E-state index is 13.0. The highest BCUT2D eigenvalue weighted by atomic mass is 35.5. The largest absolute Gasteiger partial charge is 0.441 e. The number of carbonyl (C=O) groups excluding carboxylic acids is 1. The Morgan fingerprint density at radius 1 is 1.10 bits per heavy atom. The number of hydrogen-bond acceptors (Lipinski definition) is 4. The summed E-state index contributed by atoms with van der Waals surface area (Å²) in [4.78, 5) is 16.3. The van der Waals surface area contributed by atoms with E-state index in [1.54, 1.807) is 41.3 Å². The number of aromatic nitrogens is 3. The number of halogens is 2. The number of hydrogen-bond donors (Lipinski definition) is 1. The molecule has 1 amide bonds. The van der Waals surface area contributed by atoms with Gasteiger partial charge in [-0.25, -0.2) is 14.1 Å². The lowest BCUT2D eigenvalue weighted by Crippen LogP contribution is -2.22. The molecule has 0 saturated carbocycles. The van der Waals surface area contributed by atoms with Crippen molar-refractivity contribution >= 4 is 17.5 Å². The van der Waals surface area contributed by atoms with Crippen molar-refractivity contribution in [2.45, 2.75) is 19.4 Å². The molecule has 2 aromatic carbocycles. The molecule has 30 heavy (non-hydrogen) atoms. The van der Waals surface area contributed by atoms with Gasteiger partial charge in [-0.2, -0.15) is 5.10 Å². The molecular weight excluding hydrogens is 407 g/mol. The molecule has 0 aliphatic heterocycles. The van der Waals surface area contributed by atoms with Gasteiger partial charge >= 0.3 is 0 Å². The van der Waals surface area contributed by atoms with Crippen molar-refractivity contribution in [1.82, 2.24) is 20.1 Å². The van der Waals surface area contributed by atoms with Crippen LogP contribution in [0.25, 0.3) is 17.0 Å². The zero-order chi connectivity index (χ0) is 20.9. The molecule has 0 fully saturated rings. The molecule has 2 heterocycles. The molecule has 1 N–H and O–H groups in total. The first-order valence-corrected chi connectivity index (χ1v) is 9.71. The zero-order valence-electron chi connectivity index (χ0n) is 15.9. The highest BCUT2D eigenvalue weighted by Gasteiger charge is 2.10. The van der Waals surface area contributed by atoms with Crippen LogP contribution in [0.5, 0.6) is 0 Å². The summed E-state index contributed by atoms with van der Waals surface area (Å²) in [6.07, 6.45) is 5.75. The highest BCUT2D eigenvalue weighted by molar-refractivity contribution is 6.30. The van der Waals surface area contributed by atoms with Crippen LogP contribution in [0.15, 0.2) is 71.5 Å². The molecule has 0 saturated heterocycles. The summed E-state index contributed by atoms with van der Waals surface area (Å²) in [5, 5.41) is 7.82. The zero-order valence-corrected chi connectivity index (χ0v) is 16.6. The third kappa shape index (κ3) is 4.93. The minimum absolute atomic E-state index is 0.115. The van der Waals surface area contributed by atoms with Crippen molar-refractivity contribution in [3.05, 3.63) is 89.4 Å². The summed E-state index contributed by atoms with van der Waals surface area (Å²) < 4.78 is 20.4. The van der Waals surface area contributed by atoms with Gasteiger partial charge in [0.05, 0.1) is 18.1 Å². The molecule has 0 aliphatic carbocycles. The molecule has 2 aromatic heterocycles. The van der Waals surface area contributed by atoms with Gasteiger partial charge in [-0.05, 0) is 48.5 Å². The third-order valence-electron chi connectivity index (χ3n) is 4.47. The van der Waals surface area contributed by atoms with Gasteiger partial charge in [0.1, 0.15) is 5.82 Å². The summed E-state index contributed by atoms with van der Waals surface area (Å²) in [5.74, 6) is 0.574. The van der Waals surface area contributed by atoms with E-state index in [1.165, 1.54) is 12.1 Å². The molecule has 0 aliphatic rings. The summed E-state index contributed by atoms with van der Waals surface area (Å²) in [6, 6.07) is 13.3. The fourth-order valence-corrected chi connectivity index (χ4v) is 3.00.